The number of hydrogen-bond acceptors (Lipinski definition) is 1. The summed E-state index contributed by atoms with van der Waals surface area (Å²) in [5.74, 6) is 0. The van der Waals surface area contributed by atoms with Gasteiger partial charge < -0.3 is 4.90 Å². The fourth-order valence-corrected chi connectivity index (χ4v) is 1.72. The summed E-state index contributed by atoms with van der Waals surface area (Å²) < 4.78 is 0. The second kappa shape index (κ2) is 5.05. The van der Waals surface area contributed by atoms with Gasteiger partial charge >= 0.3 is 0 Å². The third-order valence-corrected chi connectivity index (χ3v) is 2.82. The second-order valence-electron chi connectivity index (χ2n) is 4.54. The van der Waals surface area contributed by atoms with Gasteiger partial charge in [-0.1, -0.05) is 42.0 Å². The van der Waals surface area contributed by atoms with Gasteiger partial charge in [0, 0.05) is 26.2 Å². The van der Waals surface area contributed by atoms with Crippen LogP contribution in [-0.2, 0) is 0 Å². The molecule has 0 spiro atoms. The monoisotopic (exact) mass is 224 g/mol. The van der Waals surface area contributed by atoms with Gasteiger partial charge in [-0.2, -0.15) is 0 Å². The highest BCUT2D eigenvalue weighted by Gasteiger charge is 1.98. The summed E-state index contributed by atoms with van der Waals surface area (Å²) in [5.41, 5.74) is 5.00. The Morgan fingerprint density at radius 3 is 1.71 bits per heavy atom. The van der Waals surface area contributed by atoms with Gasteiger partial charge in [0.15, 0.2) is 0 Å². The third kappa shape index (κ3) is 3.10. The first-order chi connectivity index (χ1) is 8.15. The zero-order valence-corrected chi connectivity index (χ0v) is 10.6. The molecule has 0 saturated carbocycles. The molecule has 0 bridgehead atoms. The standard InChI is InChI=1S/C16H18N/c1-13-4-6-14(7-5-13)12-15-8-10-16(11-9-15)17(2)3/h4-12H,1-3H3. The Hall–Kier alpha value is -1.76. The summed E-state index contributed by atoms with van der Waals surface area (Å²) in [5, 5.41) is 0. The molecule has 0 aliphatic rings. The molecule has 0 atom stereocenters. The average molecular weight is 224 g/mol. The van der Waals surface area contributed by atoms with E-state index in [0.29, 0.717) is 0 Å². The summed E-state index contributed by atoms with van der Waals surface area (Å²) >= 11 is 0. The number of benzene rings is 2. The molecule has 2 aromatic carbocycles. The minimum absolute atomic E-state index is 1.23. The first kappa shape index (κ1) is 11.7. The Morgan fingerprint density at radius 2 is 1.24 bits per heavy atom. The molecule has 0 aromatic heterocycles. The molecule has 0 unspecified atom stereocenters. The van der Waals surface area contributed by atoms with E-state index in [9.17, 15) is 0 Å². The first-order valence-electron chi connectivity index (χ1n) is 5.84. The topological polar surface area (TPSA) is 3.24 Å². The van der Waals surface area contributed by atoms with Crippen molar-refractivity contribution in [3.05, 3.63) is 71.6 Å². The fraction of sp³-hybridized carbons (Fsp3) is 0.188. The molecule has 2 rings (SSSR count). The second-order valence-corrected chi connectivity index (χ2v) is 4.54. The largest absolute Gasteiger partial charge is 0.378 e. The maximum atomic E-state index is 2.19. The quantitative estimate of drug-likeness (QED) is 0.769. The molecular formula is C16H18N. The Morgan fingerprint density at radius 1 is 0.765 bits per heavy atom. The average Bonchev–Trinajstić information content (AvgIpc) is 2.33. The van der Waals surface area contributed by atoms with Crippen molar-refractivity contribution in [3.8, 4) is 0 Å². The molecule has 1 nitrogen and oxygen atoms in total. The molecular weight excluding hydrogens is 206 g/mol. The van der Waals surface area contributed by atoms with Crippen molar-refractivity contribution < 1.29 is 0 Å². The van der Waals surface area contributed by atoms with Crippen LogP contribution < -0.4 is 4.90 Å². The lowest BCUT2D eigenvalue weighted by Gasteiger charge is -2.12. The Labute approximate surface area is 104 Å². The van der Waals surface area contributed by atoms with E-state index in [2.05, 4.69) is 80.9 Å². The van der Waals surface area contributed by atoms with E-state index >= 15 is 0 Å². The lowest BCUT2D eigenvalue weighted by molar-refractivity contribution is 1.13. The van der Waals surface area contributed by atoms with Gasteiger partial charge in [-0.15, -0.1) is 0 Å². The summed E-state index contributed by atoms with van der Waals surface area (Å²) in [6, 6.07) is 17.1. The van der Waals surface area contributed by atoms with Crippen LogP contribution >= 0.6 is 0 Å². The number of anilines is 1. The summed E-state index contributed by atoms with van der Waals surface area (Å²) in [6.07, 6.45) is 2.19. The Bertz CT molecular complexity index is 466. The van der Waals surface area contributed by atoms with Crippen LogP contribution in [-0.4, -0.2) is 14.1 Å². The van der Waals surface area contributed by atoms with E-state index in [1.54, 1.807) is 0 Å². The third-order valence-electron chi connectivity index (χ3n) is 2.82. The molecule has 0 aliphatic heterocycles. The van der Waals surface area contributed by atoms with Crippen LogP contribution in [0, 0.1) is 13.3 Å². The van der Waals surface area contributed by atoms with Crippen molar-refractivity contribution in [1.82, 2.24) is 0 Å². The van der Waals surface area contributed by atoms with E-state index in [1.807, 2.05) is 0 Å². The number of nitrogens with zero attached hydrogens (tertiary/aromatic N) is 1. The van der Waals surface area contributed by atoms with Crippen molar-refractivity contribution in [2.24, 2.45) is 0 Å². The van der Waals surface area contributed by atoms with E-state index in [1.165, 1.54) is 22.4 Å². The van der Waals surface area contributed by atoms with Crippen LogP contribution in [0.25, 0.3) is 0 Å². The predicted octanol–water partition coefficient (Wildman–Crippen LogP) is 3.66. The SMILES string of the molecule is Cc1ccc([CH]c2ccc(N(C)C)cc2)cc1. The van der Waals surface area contributed by atoms with Gasteiger partial charge in [-0.25, -0.2) is 0 Å². The van der Waals surface area contributed by atoms with Crippen LogP contribution in [0.4, 0.5) is 5.69 Å². The fourth-order valence-electron chi connectivity index (χ4n) is 1.72. The molecule has 0 heterocycles. The smallest absolute Gasteiger partial charge is 0.0361 e. The molecule has 0 aliphatic carbocycles. The molecule has 1 radical (unpaired) electrons. The summed E-state index contributed by atoms with van der Waals surface area (Å²) in [6.45, 7) is 2.11. The van der Waals surface area contributed by atoms with Crippen molar-refractivity contribution >= 4 is 5.69 Å². The normalized spacial score (nSPS) is 10.3. The molecule has 0 fully saturated rings. The van der Waals surface area contributed by atoms with Gasteiger partial charge in [-0.3, -0.25) is 0 Å². The molecule has 1 heteroatoms. The maximum absolute atomic E-state index is 2.19. The Balaban J connectivity index is 2.11. The Kier molecular flexibility index (Phi) is 3.48. The van der Waals surface area contributed by atoms with Crippen molar-refractivity contribution in [2.75, 3.05) is 19.0 Å². The highest BCUT2D eigenvalue weighted by molar-refractivity contribution is 5.49. The highest BCUT2D eigenvalue weighted by Crippen LogP contribution is 2.17. The minimum atomic E-state index is 1.23. The van der Waals surface area contributed by atoms with Gasteiger partial charge in [0.1, 0.15) is 0 Å². The summed E-state index contributed by atoms with van der Waals surface area (Å²) in [4.78, 5) is 2.11. The van der Waals surface area contributed by atoms with Crippen LogP contribution in [0.15, 0.2) is 48.5 Å². The van der Waals surface area contributed by atoms with Gasteiger partial charge in [0.05, 0.1) is 0 Å². The number of rotatable bonds is 3. The van der Waals surface area contributed by atoms with Gasteiger partial charge in [-0.05, 0) is 30.2 Å². The lowest BCUT2D eigenvalue weighted by atomic mass is 10.0. The molecule has 2 aromatic rings. The first-order valence-corrected chi connectivity index (χ1v) is 5.84. The molecule has 0 N–H and O–H groups in total. The predicted molar refractivity (Wildman–Crippen MR) is 74.5 cm³/mol. The van der Waals surface area contributed by atoms with Crippen LogP contribution in [0.2, 0.25) is 0 Å². The number of aryl methyl sites for hydroxylation is 1. The summed E-state index contributed by atoms with van der Waals surface area (Å²) in [7, 11) is 4.11. The lowest BCUT2D eigenvalue weighted by Crippen LogP contribution is -2.08. The van der Waals surface area contributed by atoms with E-state index < -0.39 is 0 Å². The van der Waals surface area contributed by atoms with Crippen LogP contribution in [0.3, 0.4) is 0 Å². The number of hydrogen-bond donors (Lipinski definition) is 0. The van der Waals surface area contributed by atoms with E-state index in [0.717, 1.165) is 0 Å². The van der Waals surface area contributed by atoms with E-state index in [-0.39, 0.29) is 0 Å². The van der Waals surface area contributed by atoms with Crippen molar-refractivity contribution in [1.29, 1.82) is 0 Å². The molecule has 0 amide bonds. The maximum Gasteiger partial charge on any atom is 0.0361 e. The molecule has 87 valence electrons. The van der Waals surface area contributed by atoms with Crippen LogP contribution in [0.1, 0.15) is 16.7 Å². The van der Waals surface area contributed by atoms with Crippen molar-refractivity contribution in [3.63, 3.8) is 0 Å². The minimum Gasteiger partial charge on any atom is -0.378 e. The zero-order chi connectivity index (χ0) is 12.3. The van der Waals surface area contributed by atoms with Crippen molar-refractivity contribution in [2.45, 2.75) is 6.92 Å². The molecule has 17 heavy (non-hydrogen) atoms. The van der Waals surface area contributed by atoms with Crippen LogP contribution in [0.5, 0.6) is 0 Å². The zero-order valence-electron chi connectivity index (χ0n) is 10.6. The van der Waals surface area contributed by atoms with E-state index in [4.69, 9.17) is 0 Å². The van der Waals surface area contributed by atoms with Gasteiger partial charge in [0.25, 0.3) is 0 Å². The molecule has 0 saturated heterocycles. The highest BCUT2D eigenvalue weighted by atomic mass is 15.1. The van der Waals surface area contributed by atoms with Gasteiger partial charge in [0.2, 0.25) is 0 Å².